The number of nitrogens with one attached hydrogen (secondary N) is 1. The fraction of sp³-hybridized carbons (Fsp3) is 0.500. The molecule has 0 amide bonds. The molecule has 2 atom stereocenters. The summed E-state index contributed by atoms with van der Waals surface area (Å²) in [5.74, 6) is -0.700. The summed E-state index contributed by atoms with van der Waals surface area (Å²) >= 11 is 5.96. The molecule has 1 aromatic rings. The Labute approximate surface area is 112 Å². The van der Waals surface area contributed by atoms with Gasteiger partial charge in [-0.05, 0) is 42.0 Å². The molecular weight excluding hydrogens is 250 g/mol. The molecule has 2 unspecified atom stereocenters. The maximum Gasteiger partial charge on any atom is 0.320 e. The van der Waals surface area contributed by atoms with Gasteiger partial charge in [-0.25, -0.2) is 0 Å². The van der Waals surface area contributed by atoms with Crippen LogP contribution in [0, 0.1) is 5.92 Å². The molecule has 0 radical (unpaired) electrons. The molecule has 0 fully saturated rings. The maximum atomic E-state index is 11.2. The van der Waals surface area contributed by atoms with E-state index in [0.29, 0.717) is 0 Å². The number of halogens is 1. The van der Waals surface area contributed by atoms with Gasteiger partial charge in [0.15, 0.2) is 0 Å². The zero-order chi connectivity index (χ0) is 13.3. The number of carboxylic acid groups (broad SMARTS) is 1. The summed E-state index contributed by atoms with van der Waals surface area (Å²) in [4.78, 5) is 11.2. The third kappa shape index (κ3) is 2.85. The predicted octanol–water partition coefficient (Wildman–Crippen LogP) is 2.51. The Kier molecular flexibility index (Phi) is 3.93. The molecule has 1 aliphatic carbocycles. The molecule has 2 N–H and O–H groups in total. The Morgan fingerprint density at radius 1 is 1.39 bits per heavy atom. The molecule has 98 valence electrons. The van der Waals surface area contributed by atoms with Crippen LogP contribution >= 0.6 is 11.6 Å². The molecule has 0 aromatic heterocycles. The first-order valence-corrected chi connectivity index (χ1v) is 6.61. The standard InChI is InChI=1S/C14H18ClNO2/c1-8(2)13(14(17)18)16-12-6-9-3-4-11(15)5-10(9)7-12/h3-5,8,12-13,16H,6-7H2,1-2H3,(H,17,18). The van der Waals surface area contributed by atoms with Crippen molar-refractivity contribution in [3.8, 4) is 0 Å². The molecule has 18 heavy (non-hydrogen) atoms. The second-order valence-corrected chi connectivity index (χ2v) is 5.68. The SMILES string of the molecule is CC(C)C(NC1Cc2ccc(Cl)cc2C1)C(=O)O. The van der Waals surface area contributed by atoms with Crippen molar-refractivity contribution < 1.29 is 9.90 Å². The third-order valence-corrected chi connectivity index (χ3v) is 3.68. The highest BCUT2D eigenvalue weighted by molar-refractivity contribution is 6.30. The molecule has 0 saturated carbocycles. The van der Waals surface area contributed by atoms with E-state index >= 15 is 0 Å². The van der Waals surface area contributed by atoms with Gasteiger partial charge in [0.1, 0.15) is 6.04 Å². The van der Waals surface area contributed by atoms with E-state index in [9.17, 15) is 9.90 Å². The molecule has 1 aromatic carbocycles. The minimum Gasteiger partial charge on any atom is -0.480 e. The molecule has 2 rings (SSSR count). The summed E-state index contributed by atoms with van der Waals surface area (Å²) in [5, 5.41) is 13.2. The third-order valence-electron chi connectivity index (χ3n) is 3.45. The van der Waals surface area contributed by atoms with Crippen molar-refractivity contribution in [3.63, 3.8) is 0 Å². The van der Waals surface area contributed by atoms with Gasteiger partial charge >= 0.3 is 5.97 Å². The molecule has 0 bridgehead atoms. The van der Waals surface area contributed by atoms with Crippen LogP contribution in [0.15, 0.2) is 18.2 Å². The van der Waals surface area contributed by atoms with E-state index in [4.69, 9.17) is 11.6 Å². The van der Waals surface area contributed by atoms with E-state index in [1.54, 1.807) is 0 Å². The molecule has 0 spiro atoms. The summed E-state index contributed by atoms with van der Waals surface area (Å²) in [6.07, 6.45) is 1.73. The highest BCUT2D eigenvalue weighted by Gasteiger charge is 2.28. The lowest BCUT2D eigenvalue weighted by atomic mass is 10.0. The van der Waals surface area contributed by atoms with Gasteiger partial charge in [0.2, 0.25) is 0 Å². The van der Waals surface area contributed by atoms with Crippen LogP contribution in [0.2, 0.25) is 5.02 Å². The molecule has 1 aliphatic rings. The van der Waals surface area contributed by atoms with Crippen molar-refractivity contribution in [1.82, 2.24) is 5.32 Å². The lowest BCUT2D eigenvalue weighted by Gasteiger charge is -2.22. The Bertz CT molecular complexity index is 459. The van der Waals surface area contributed by atoms with Gasteiger partial charge in [-0.2, -0.15) is 0 Å². The lowest BCUT2D eigenvalue weighted by molar-refractivity contribution is -0.140. The average molecular weight is 268 g/mol. The lowest BCUT2D eigenvalue weighted by Crippen LogP contribution is -2.46. The van der Waals surface area contributed by atoms with E-state index in [0.717, 1.165) is 17.9 Å². The van der Waals surface area contributed by atoms with E-state index < -0.39 is 12.0 Å². The molecule has 4 heteroatoms. The molecule has 0 saturated heterocycles. The topological polar surface area (TPSA) is 49.3 Å². The van der Waals surface area contributed by atoms with Crippen molar-refractivity contribution in [3.05, 3.63) is 34.3 Å². The number of fused-ring (bicyclic) bond motifs is 1. The Hall–Kier alpha value is -1.06. The number of rotatable bonds is 4. The van der Waals surface area contributed by atoms with Crippen LogP contribution in [0.4, 0.5) is 0 Å². The monoisotopic (exact) mass is 267 g/mol. The summed E-state index contributed by atoms with van der Waals surface area (Å²) in [6, 6.07) is 5.61. The minimum atomic E-state index is -0.779. The second kappa shape index (κ2) is 5.29. The smallest absolute Gasteiger partial charge is 0.320 e. The minimum absolute atomic E-state index is 0.0785. The van der Waals surface area contributed by atoms with Crippen LogP contribution < -0.4 is 5.32 Å². The van der Waals surface area contributed by atoms with Gasteiger partial charge in [-0.15, -0.1) is 0 Å². The van der Waals surface area contributed by atoms with Gasteiger partial charge in [-0.1, -0.05) is 31.5 Å². The number of aliphatic carboxylic acids is 1. The molecule has 0 aliphatic heterocycles. The average Bonchev–Trinajstić information content (AvgIpc) is 2.66. The van der Waals surface area contributed by atoms with Gasteiger partial charge in [0, 0.05) is 11.1 Å². The fourth-order valence-electron chi connectivity index (χ4n) is 2.51. The molecule has 3 nitrogen and oxygen atoms in total. The number of carbonyl (C=O) groups is 1. The first-order valence-electron chi connectivity index (χ1n) is 6.23. The Morgan fingerprint density at radius 2 is 2.06 bits per heavy atom. The highest BCUT2D eigenvalue weighted by Crippen LogP contribution is 2.26. The summed E-state index contributed by atoms with van der Waals surface area (Å²) in [5.41, 5.74) is 2.50. The molecule has 0 heterocycles. The summed E-state index contributed by atoms with van der Waals surface area (Å²) < 4.78 is 0. The van der Waals surface area contributed by atoms with Crippen LogP contribution in [-0.2, 0) is 17.6 Å². The zero-order valence-corrected chi connectivity index (χ0v) is 11.4. The summed E-state index contributed by atoms with van der Waals surface area (Å²) in [6.45, 7) is 3.84. The van der Waals surface area contributed by atoms with Gasteiger partial charge in [0.25, 0.3) is 0 Å². The maximum absolute atomic E-state index is 11.2. The summed E-state index contributed by atoms with van der Waals surface area (Å²) in [7, 11) is 0. The number of carboxylic acids is 1. The van der Waals surface area contributed by atoms with Crippen molar-refractivity contribution in [1.29, 1.82) is 0 Å². The van der Waals surface area contributed by atoms with Crippen molar-refractivity contribution in [2.45, 2.75) is 38.8 Å². The van der Waals surface area contributed by atoms with Gasteiger partial charge < -0.3 is 10.4 Å². The number of hydrogen-bond acceptors (Lipinski definition) is 2. The first kappa shape index (κ1) is 13.4. The van der Waals surface area contributed by atoms with Crippen molar-refractivity contribution in [2.75, 3.05) is 0 Å². The van der Waals surface area contributed by atoms with Crippen LogP contribution in [-0.4, -0.2) is 23.2 Å². The van der Waals surface area contributed by atoms with Crippen molar-refractivity contribution >= 4 is 17.6 Å². The number of hydrogen-bond donors (Lipinski definition) is 2. The Morgan fingerprint density at radius 3 is 2.67 bits per heavy atom. The van der Waals surface area contributed by atoms with Crippen LogP contribution in [0.3, 0.4) is 0 Å². The zero-order valence-electron chi connectivity index (χ0n) is 10.6. The first-order chi connectivity index (χ1) is 8.47. The Balaban J connectivity index is 2.05. The van der Waals surface area contributed by atoms with Crippen LogP contribution in [0.25, 0.3) is 0 Å². The largest absolute Gasteiger partial charge is 0.480 e. The van der Waals surface area contributed by atoms with Crippen LogP contribution in [0.5, 0.6) is 0 Å². The van der Waals surface area contributed by atoms with Gasteiger partial charge in [-0.3, -0.25) is 4.79 Å². The van der Waals surface area contributed by atoms with E-state index in [1.165, 1.54) is 11.1 Å². The predicted molar refractivity (Wildman–Crippen MR) is 72.0 cm³/mol. The van der Waals surface area contributed by atoms with Crippen LogP contribution in [0.1, 0.15) is 25.0 Å². The fourth-order valence-corrected chi connectivity index (χ4v) is 2.70. The van der Waals surface area contributed by atoms with Gasteiger partial charge in [0.05, 0.1) is 0 Å². The van der Waals surface area contributed by atoms with E-state index in [1.807, 2.05) is 32.0 Å². The highest BCUT2D eigenvalue weighted by atomic mass is 35.5. The second-order valence-electron chi connectivity index (χ2n) is 5.24. The number of benzene rings is 1. The van der Waals surface area contributed by atoms with E-state index in [-0.39, 0.29) is 12.0 Å². The van der Waals surface area contributed by atoms with E-state index in [2.05, 4.69) is 5.32 Å². The normalized spacial score (nSPS) is 19.9. The molecular formula is C14H18ClNO2. The quantitative estimate of drug-likeness (QED) is 0.881. The van der Waals surface area contributed by atoms with Crippen molar-refractivity contribution in [2.24, 2.45) is 5.92 Å².